The van der Waals surface area contributed by atoms with Gasteiger partial charge in [-0.3, -0.25) is 4.79 Å². The normalized spacial score (nSPS) is 10.0. The van der Waals surface area contributed by atoms with Gasteiger partial charge in [-0.25, -0.2) is 4.39 Å². The lowest BCUT2D eigenvalue weighted by atomic mass is 10.2. The lowest BCUT2D eigenvalue weighted by Gasteiger charge is -2.06. The molecule has 4 heteroatoms. The van der Waals surface area contributed by atoms with Crippen molar-refractivity contribution in [3.05, 3.63) is 64.9 Å². The summed E-state index contributed by atoms with van der Waals surface area (Å²) in [6.07, 6.45) is 0. The number of anilines is 1. The highest BCUT2D eigenvalue weighted by Gasteiger charge is 2.11. The highest BCUT2D eigenvalue weighted by atomic mass is 35.5. The third kappa shape index (κ3) is 2.82. The predicted octanol–water partition coefficient (Wildman–Crippen LogP) is 3.53. The van der Waals surface area contributed by atoms with E-state index in [1.54, 1.807) is 24.3 Å². The average molecular weight is 249 g/mol. The lowest BCUT2D eigenvalue weighted by Crippen LogP contribution is -2.12. The highest BCUT2D eigenvalue weighted by Crippen LogP contribution is 2.18. The number of benzene rings is 2. The molecular formula is C13H8ClFNO. The fraction of sp³-hybridized carbons (Fsp3) is 0. The van der Waals surface area contributed by atoms with Gasteiger partial charge in [-0.05, 0) is 36.4 Å². The molecule has 1 N–H and O–H groups in total. The van der Waals surface area contributed by atoms with Gasteiger partial charge in [0.05, 0.1) is 10.6 Å². The molecule has 0 spiro atoms. The number of hydrogen-bond donors (Lipinski definition) is 1. The van der Waals surface area contributed by atoms with Crippen molar-refractivity contribution in [2.45, 2.75) is 0 Å². The van der Waals surface area contributed by atoms with Crippen molar-refractivity contribution in [2.24, 2.45) is 0 Å². The molecule has 0 atom stereocenters. The Morgan fingerprint density at radius 1 is 1.24 bits per heavy atom. The van der Waals surface area contributed by atoms with Crippen molar-refractivity contribution in [1.82, 2.24) is 0 Å². The molecule has 0 saturated carbocycles. The molecule has 0 aliphatic heterocycles. The first-order valence-corrected chi connectivity index (χ1v) is 5.27. The molecule has 0 heterocycles. The summed E-state index contributed by atoms with van der Waals surface area (Å²) < 4.78 is 13.0. The molecular weight excluding hydrogens is 241 g/mol. The maximum absolute atomic E-state index is 13.0. The van der Waals surface area contributed by atoms with E-state index in [-0.39, 0.29) is 10.6 Å². The summed E-state index contributed by atoms with van der Waals surface area (Å²) >= 11 is 5.82. The van der Waals surface area contributed by atoms with E-state index < -0.39 is 11.7 Å². The summed E-state index contributed by atoms with van der Waals surface area (Å²) in [4.78, 5) is 11.8. The zero-order valence-electron chi connectivity index (χ0n) is 8.71. The van der Waals surface area contributed by atoms with Crippen LogP contribution < -0.4 is 5.32 Å². The Labute approximate surface area is 103 Å². The molecule has 17 heavy (non-hydrogen) atoms. The Balaban J connectivity index is 2.23. The van der Waals surface area contributed by atoms with Crippen LogP contribution in [0.3, 0.4) is 0 Å². The van der Waals surface area contributed by atoms with E-state index in [1.165, 1.54) is 12.1 Å². The zero-order valence-corrected chi connectivity index (χ0v) is 9.46. The lowest BCUT2D eigenvalue weighted by molar-refractivity contribution is 0.102. The number of amides is 1. The first-order chi connectivity index (χ1) is 8.16. The largest absolute Gasteiger partial charge is 0.322 e. The second-order valence-electron chi connectivity index (χ2n) is 3.37. The summed E-state index contributed by atoms with van der Waals surface area (Å²) in [6.45, 7) is 0. The molecule has 0 aliphatic carbocycles. The molecule has 2 nitrogen and oxygen atoms in total. The minimum absolute atomic E-state index is 0.111. The zero-order chi connectivity index (χ0) is 12.3. The second kappa shape index (κ2) is 4.97. The van der Waals surface area contributed by atoms with Crippen LogP contribution in [0, 0.1) is 11.9 Å². The van der Waals surface area contributed by atoms with Gasteiger partial charge in [-0.15, -0.1) is 0 Å². The van der Waals surface area contributed by atoms with Crippen molar-refractivity contribution < 1.29 is 9.18 Å². The monoisotopic (exact) mass is 248 g/mol. The van der Waals surface area contributed by atoms with Gasteiger partial charge in [0.15, 0.2) is 0 Å². The van der Waals surface area contributed by atoms with Crippen LogP contribution in [0.25, 0.3) is 0 Å². The van der Waals surface area contributed by atoms with E-state index in [4.69, 9.17) is 11.6 Å². The Morgan fingerprint density at radius 2 is 1.94 bits per heavy atom. The first kappa shape index (κ1) is 11.6. The van der Waals surface area contributed by atoms with Crippen LogP contribution in [0.1, 0.15) is 10.4 Å². The molecule has 0 saturated heterocycles. The number of carbonyl (C=O) groups is 1. The smallest absolute Gasteiger partial charge is 0.257 e. The predicted molar refractivity (Wildman–Crippen MR) is 64.6 cm³/mol. The Morgan fingerprint density at radius 3 is 2.65 bits per heavy atom. The Bertz CT molecular complexity index is 542. The Hall–Kier alpha value is -1.87. The fourth-order valence-corrected chi connectivity index (χ4v) is 1.54. The molecule has 2 aromatic rings. The molecule has 1 amide bonds. The van der Waals surface area contributed by atoms with Gasteiger partial charge in [0, 0.05) is 5.69 Å². The van der Waals surface area contributed by atoms with Crippen molar-refractivity contribution in [1.29, 1.82) is 0 Å². The van der Waals surface area contributed by atoms with Crippen molar-refractivity contribution in [3.8, 4) is 0 Å². The van der Waals surface area contributed by atoms with Crippen LogP contribution in [0.15, 0.2) is 42.5 Å². The van der Waals surface area contributed by atoms with Crippen molar-refractivity contribution >= 4 is 23.2 Å². The number of hydrogen-bond acceptors (Lipinski definition) is 1. The minimum atomic E-state index is -0.499. The average Bonchev–Trinajstić information content (AvgIpc) is 2.33. The van der Waals surface area contributed by atoms with Gasteiger partial charge in [-0.1, -0.05) is 23.7 Å². The van der Waals surface area contributed by atoms with Crippen LogP contribution >= 0.6 is 11.6 Å². The van der Waals surface area contributed by atoms with E-state index in [1.807, 2.05) is 0 Å². The SMILES string of the molecule is O=C(Nc1cc[c]cc1)c1cc(F)ccc1Cl. The van der Waals surface area contributed by atoms with Crippen LogP contribution in [-0.2, 0) is 0 Å². The van der Waals surface area contributed by atoms with E-state index in [2.05, 4.69) is 11.4 Å². The van der Waals surface area contributed by atoms with Crippen LogP contribution in [0.2, 0.25) is 5.02 Å². The summed E-state index contributed by atoms with van der Waals surface area (Å²) in [5.74, 6) is -0.943. The molecule has 0 fully saturated rings. The topological polar surface area (TPSA) is 29.1 Å². The second-order valence-corrected chi connectivity index (χ2v) is 3.77. The summed E-state index contributed by atoms with van der Waals surface area (Å²) in [5.41, 5.74) is 0.716. The summed E-state index contributed by atoms with van der Waals surface area (Å²) in [7, 11) is 0. The number of nitrogens with one attached hydrogen (secondary N) is 1. The van der Waals surface area contributed by atoms with Gasteiger partial charge >= 0.3 is 0 Å². The van der Waals surface area contributed by atoms with Gasteiger partial charge in [0.1, 0.15) is 5.82 Å². The number of halogens is 2. The molecule has 0 unspecified atom stereocenters. The van der Waals surface area contributed by atoms with E-state index in [0.717, 1.165) is 6.07 Å². The molecule has 0 bridgehead atoms. The van der Waals surface area contributed by atoms with E-state index in [0.29, 0.717) is 5.69 Å². The third-order valence-corrected chi connectivity index (χ3v) is 2.48. The summed E-state index contributed by atoms with van der Waals surface area (Å²) in [5, 5.41) is 2.83. The molecule has 2 rings (SSSR count). The molecule has 0 aromatic heterocycles. The molecule has 1 radical (unpaired) electrons. The fourth-order valence-electron chi connectivity index (χ4n) is 1.34. The third-order valence-electron chi connectivity index (χ3n) is 2.15. The van der Waals surface area contributed by atoms with Gasteiger partial charge in [-0.2, -0.15) is 0 Å². The number of carbonyl (C=O) groups excluding carboxylic acids is 1. The molecule has 85 valence electrons. The quantitative estimate of drug-likeness (QED) is 0.866. The first-order valence-electron chi connectivity index (χ1n) is 4.89. The van der Waals surface area contributed by atoms with Crippen LogP contribution in [-0.4, -0.2) is 5.91 Å². The minimum Gasteiger partial charge on any atom is -0.322 e. The van der Waals surface area contributed by atoms with Gasteiger partial charge in [0.2, 0.25) is 0 Å². The molecule has 2 aromatic carbocycles. The van der Waals surface area contributed by atoms with E-state index >= 15 is 0 Å². The van der Waals surface area contributed by atoms with Gasteiger partial charge < -0.3 is 5.32 Å². The maximum atomic E-state index is 13.0. The van der Waals surface area contributed by atoms with Crippen molar-refractivity contribution in [3.63, 3.8) is 0 Å². The number of rotatable bonds is 2. The van der Waals surface area contributed by atoms with Crippen LogP contribution in [0.4, 0.5) is 10.1 Å². The Kier molecular flexibility index (Phi) is 3.40. The van der Waals surface area contributed by atoms with Gasteiger partial charge in [0.25, 0.3) is 5.91 Å². The van der Waals surface area contributed by atoms with Crippen LogP contribution in [0.5, 0.6) is 0 Å². The standard InChI is InChI=1S/C13H8ClFNO/c14-12-7-6-9(15)8-11(12)13(17)16-10-4-2-1-3-5-10/h2-8H,(H,16,17). The molecule has 0 aliphatic rings. The maximum Gasteiger partial charge on any atom is 0.257 e. The van der Waals surface area contributed by atoms with Crippen molar-refractivity contribution in [2.75, 3.05) is 5.32 Å². The van der Waals surface area contributed by atoms with E-state index in [9.17, 15) is 9.18 Å². The summed E-state index contributed by atoms with van der Waals surface area (Å²) in [6, 6.07) is 13.2. The highest BCUT2D eigenvalue weighted by molar-refractivity contribution is 6.34.